The first kappa shape index (κ1) is 24.5. The van der Waals surface area contributed by atoms with Gasteiger partial charge in [0.1, 0.15) is 6.04 Å². The molecule has 9 nitrogen and oxygen atoms in total. The van der Waals surface area contributed by atoms with Crippen molar-refractivity contribution in [2.45, 2.75) is 39.8 Å². The number of carbonyl (C=O) groups excluding carboxylic acids is 2. The molecule has 1 aromatic carbocycles. The number of aromatic nitrogens is 3. The maximum Gasteiger partial charge on any atom is 0.259 e. The maximum absolute atomic E-state index is 13.0. The average Bonchev–Trinajstić information content (AvgIpc) is 3.35. The van der Waals surface area contributed by atoms with Gasteiger partial charge < -0.3 is 14.7 Å². The van der Waals surface area contributed by atoms with Gasteiger partial charge in [-0.05, 0) is 30.0 Å². The van der Waals surface area contributed by atoms with Crippen LogP contribution in [0.3, 0.4) is 0 Å². The number of amides is 2. The van der Waals surface area contributed by atoms with E-state index in [-0.39, 0.29) is 11.8 Å². The van der Waals surface area contributed by atoms with Crippen molar-refractivity contribution in [3.05, 3.63) is 54.4 Å². The molecule has 0 aliphatic carbocycles. The summed E-state index contributed by atoms with van der Waals surface area (Å²) >= 11 is 0. The fraction of sp³-hybridized carbons (Fsp3) is 0.423. The molecule has 0 saturated carbocycles. The first-order chi connectivity index (χ1) is 16.9. The van der Waals surface area contributed by atoms with E-state index in [0.29, 0.717) is 37.1 Å². The van der Waals surface area contributed by atoms with Crippen LogP contribution in [0.2, 0.25) is 0 Å². The molecule has 1 atom stereocenters. The highest BCUT2D eigenvalue weighted by molar-refractivity contribution is 5.87. The molecule has 184 valence electrons. The summed E-state index contributed by atoms with van der Waals surface area (Å²) in [6, 6.07) is 11.4. The lowest BCUT2D eigenvalue weighted by molar-refractivity contribution is -0.138. The van der Waals surface area contributed by atoms with Crippen molar-refractivity contribution >= 4 is 11.8 Å². The first-order valence-corrected chi connectivity index (χ1v) is 12.0. The molecule has 3 heterocycles. The van der Waals surface area contributed by atoms with Crippen LogP contribution < -0.4 is 5.32 Å². The third-order valence-corrected chi connectivity index (χ3v) is 6.02. The summed E-state index contributed by atoms with van der Waals surface area (Å²) in [6.45, 7) is 9.28. The van der Waals surface area contributed by atoms with Crippen LogP contribution in [0.1, 0.15) is 32.8 Å². The highest BCUT2D eigenvalue weighted by Gasteiger charge is 2.28. The van der Waals surface area contributed by atoms with Crippen molar-refractivity contribution in [2.75, 3.05) is 26.2 Å². The van der Waals surface area contributed by atoms with Crippen LogP contribution in [-0.2, 0) is 16.1 Å². The van der Waals surface area contributed by atoms with Gasteiger partial charge in [0, 0.05) is 57.6 Å². The third-order valence-electron chi connectivity index (χ3n) is 6.02. The Hall–Kier alpha value is -3.59. The van der Waals surface area contributed by atoms with E-state index in [1.54, 1.807) is 12.4 Å². The van der Waals surface area contributed by atoms with E-state index in [0.717, 1.165) is 30.8 Å². The maximum atomic E-state index is 13.0. The van der Waals surface area contributed by atoms with Crippen LogP contribution in [0, 0.1) is 5.92 Å². The number of carbonyl (C=O) groups is 2. The lowest BCUT2D eigenvalue weighted by Crippen LogP contribution is -2.54. The van der Waals surface area contributed by atoms with Crippen molar-refractivity contribution in [1.82, 2.24) is 30.2 Å². The summed E-state index contributed by atoms with van der Waals surface area (Å²) < 4.78 is 5.38. The van der Waals surface area contributed by atoms with Gasteiger partial charge >= 0.3 is 0 Å². The zero-order valence-electron chi connectivity index (χ0n) is 20.5. The summed E-state index contributed by atoms with van der Waals surface area (Å²) in [6.07, 6.45) is 4.04. The van der Waals surface area contributed by atoms with Crippen LogP contribution in [0.15, 0.2) is 53.3 Å². The molecule has 4 rings (SSSR count). The second kappa shape index (κ2) is 11.2. The van der Waals surface area contributed by atoms with Gasteiger partial charge in [0.15, 0.2) is 0 Å². The summed E-state index contributed by atoms with van der Waals surface area (Å²) in [5.74, 6) is 1.16. The number of hydrogen-bond donors (Lipinski definition) is 1. The summed E-state index contributed by atoms with van der Waals surface area (Å²) in [4.78, 5) is 37.3. The lowest BCUT2D eigenvalue weighted by atomic mass is 10.0. The van der Waals surface area contributed by atoms with Gasteiger partial charge in [0.05, 0.1) is 5.56 Å². The Balaban J connectivity index is 1.31. The molecule has 0 spiro atoms. The van der Waals surface area contributed by atoms with Crippen molar-refractivity contribution in [1.29, 1.82) is 0 Å². The highest BCUT2D eigenvalue weighted by atomic mass is 16.5. The monoisotopic (exact) mass is 476 g/mol. The number of benzene rings is 1. The van der Waals surface area contributed by atoms with E-state index < -0.39 is 6.04 Å². The molecular weight excluding hydrogens is 444 g/mol. The van der Waals surface area contributed by atoms with E-state index in [2.05, 4.69) is 51.3 Å². The quantitative estimate of drug-likeness (QED) is 0.533. The molecule has 0 bridgehead atoms. The van der Waals surface area contributed by atoms with E-state index in [1.807, 2.05) is 29.2 Å². The van der Waals surface area contributed by atoms with Gasteiger partial charge in [-0.2, -0.15) is 4.98 Å². The smallest absolute Gasteiger partial charge is 0.259 e. The Kier molecular flexibility index (Phi) is 7.87. The molecule has 9 heteroatoms. The van der Waals surface area contributed by atoms with E-state index in [1.165, 1.54) is 12.5 Å². The summed E-state index contributed by atoms with van der Waals surface area (Å²) in [7, 11) is 0. The number of piperazine rings is 1. The fourth-order valence-electron chi connectivity index (χ4n) is 4.25. The number of pyridine rings is 1. The molecule has 3 aromatic rings. The Morgan fingerprint density at radius 3 is 2.43 bits per heavy atom. The van der Waals surface area contributed by atoms with Crippen LogP contribution in [-0.4, -0.2) is 69.0 Å². The minimum Gasteiger partial charge on any atom is -0.345 e. The third kappa shape index (κ3) is 6.51. The summed E-state index contributed by atoms with van der Waals surface area (Å²) in [5, 5.41) is 6.92. The second-order valence-corrected chi connectivity index (χ2v) is 9.35. The average molecular weight is 477 g/mol. The molecular formula is C26H32N6O3. The molecule has 35 heavy (non-hydrogen) atoms. The SMILES string of the molecule is CC(=O)NC(CC(C)C)C(=O)N1CCN(Cc2ccc(-c3noc(-c4cccnc4)n3)cc2)CC1. The van der Waals surface area contributed by atoms with Crippen molar-refractivity contribution in [3.63, 3.8) is 0 Å². The molecule has 1 N–H and O–H groups in total. The molecule has 1 aliphatic heterocycles. The van der Waals surface area contributed by atoms with E-state index in [4.69, 9.17) is 4.52 Å². The van der Waals surface area contributed by atoms with Crippen LogP contribution in [0.25, 0.3) is 22.8 Å². The topological polar surface area (TPSA) is 104 Å². The predicted octanol–water partition coefficient (Wildman–Crippen LogP) is 2.99. The van der Waals surface area contributed by atoms with Gasteiger partial charge in [0.2, 0.25) is 17.6 Å². The van der Waals surface area contributed by atoms with E-state index in [9.17, 15) is 9.59 Å². The molecule has 1 unspecified atom stereocenters. The molecule has 1 aliphatic rings. The Morgan fingerprint density at radius 1 is 1.06 bits per heavy atom. The minimum atomic E-state index is -0.449. The van der Waals surface area contributed by atoms with E-state index >= 15 is 0 Å². The lowest BCUT2D eigenvalue weighted by Gasteiger charge is -2.36. The van der Waals surface area contributed by atoms with Gasteiger partial charge in [0.25, 0.3) is 5.89 Å². The molecule has 2 aromatic heterocycles. The van der Waals surface area contributed by atoms with Crippen LogP contribution in [0.4, 0.5) is 0 Å². The van der Waals surface area contributed by atoms with Gasteiger partial charge in [-0.1, -0.05) is 43.3 Å². The molecule has 0 radical (unpaired) electrons. The fourth-order valence-corrected chi connectivity index (χ4v) is 4.25. The Morgan fingerprint density at radius 2 is 1.80 bits per heavy atom. The van der Waals surface area contributed by atoms with Gasteiger partial charge in [-0.3, -0.25) is 19.5 Å². The predicted molar refractivity (Wildman–Crippen MR) is 132 cm³/mol. The number of rotatable bonds is 8. The van der Waals surface area contributed by atoms with Crippen LogP contribution >= 0.6 is 0 Å². The van der Waals surface area contributed by atoms with Crippen molar-refractivity contribution in [3.8, 4) is 22.8 Å². The number of nitrogens with one attached hydrogen (secondary N) is 1. The molecule has 1 fully saturated rings. The standard InChI is InChI=1S/C26H32N6O3/c1-18(2)15-23(28-19(3)33)26(34)32-13-11-31(12-14-32)17-20-6-8-21(9-7-20)24-29-25(35-30-24)22-5-4-10-27-16-22/h4-10,16,18,23H,11-15,17H2,1-3H3,(H,28,33). The number of nitrogens with zero attached hydrogens (tertiary/aromatic N) is 5. The largest absolute Gasteiger partial charge is 0.345 e. The van der Waals surface area contributed by atoms with Gasteiger partial charge in [-0.15, -0.1) is 0 Å². The second-order valence-electron chi connectivity index (χ2n) is 9.35. The number of hydrogen-bond acceptors (Lipinski definition) is 7. The normalized spacial score (nSPS) is 15.3. The zero-order valence-corrected chi connectivity index (χ0v) is 20.5. The molecule has 1 saturated heterocycles. The minimum absolute atomic E-state index is 0.0173. The van der Waals surface area contributed by atoms with Gasteiger partial charge in [-0.25, -0.2) is 0 Å². The molecule has 2 amide bonds. The highest BCUT2D eigenvalue weighted by Crippen LogP contribution is 2.22. The Labute approximate surface area is 205 Å². The first-order valence-electron chi connectivity index (χ1n) is 12.0. The Bertz CT molecular complexity index is 1120. The zero-order chi connectivity index (χ0) is 24.8. The summed E-state index contributed by atoms with van der Waals surface area (Å²) in [5.41, 5.74) is 2.85. The van der Waals surface area contributed by atoms with Crippen LogP contribution in [0.5, 0.6) is 0 Å². The van der Waals surface area contributed by atoms with Crippen molar-refractivity contribution < 1.29 is 14.1 Å². The van der Waals surface area contributed by atoms with Crippen molar-refractivity contribution in [2.24, 2.45) is 5.92 Å².